The average molecular weight is 351 g/mol. The van der Waals surface area contributed by atoms with E-state index in [-0.39, 0.29) is 11.1 Å². The molecule has 0 aliphatic carbocycles. The molecule has 0 aromatic carbocycles. The van der Waals surface area contributed by atoms with E-state index in [4.69, 9.17) is 11.6 Å². The van der Waals surface area contributed by atoms with E-state index in [1.54, 1.807) is 6.20 Å². The predicted octanol–water partition coefficient (Wildman–Crippen LogP) is 2.55. The van der Waals surface area contributed by atoms with Crippen molar-refractivity contribution in [1.82, 2.24) is 24.8 Å². The zero-order valence-electron chi connectivity index (χ0n) is 13.5. The molecule has 0 atom stereocenters. The van der Waals surface area contributed by atoms with Gasteiger partial charge < -0.3 is 10.2 Å². The molecule has 1 aliphatic rings. The summed E-state index contributed by atoms with van der Waals surface area (Å²) in [7, 11) is 0. The van der Waals surface area contributed by atoms with Crippen molar-refractivity contribution in [3.05, 3.63) is 41.2 Å². The van der Waals surface area contributed by atoms with Crippen molar-refractivity contribution in [3.8, 4) is 0 Å². The minimum Gasteiger partial charge on any atom is -0.322 e. The molecule has 1 N–H and O–H groups in total. The van der Waals surface area contributed by atoms with Gasteiger partial charge in [-0.15, -0.1) is 0 Å². The topological polar surface area (TPSA) is 57.2 Å². The van der Waals surface area contributed by atoms with Crippen LogP contribution in [0.2, 0.25) is 5.28 Å². The fourth-order valence-electron chi connectivity index (χ4n) is 2.67. The SMILES string of the molecule is CCN1CCN(Cc2ccc(Nc3nc(Cl)ncc3F)nc2)CC1. The standard InChI is InChI=1S/C16H20ClFN6/c1-2-23-5-7-24(8-6-23)11-12-3-4-14(19-9-12)21-15-13(18)10-20-16(17)22-15/h3-4,9-10H,2,5-8,11H2,1H3,(H,19,20,21,22). The van der Waals surface area contributed by atoms with Gasteiger partial charge >= 0.3 is 0 Å². The molecule has 6 nitrogen and oxygen atoms in total. The van der Waals surface area contributed by atoms with E-state index >= 15 is 0 Å². The van der Waals surface area contributed by atoms with Crippen LogP contribution in [0.5, 0.6) is 0 Å². The number of aromatic nitrogens is 3. The van der Waals surface area contributed by atoms with Crippen LogP contribution in [0, 0.1) is 5.82 Å². The lowest BCUT2D eigenvalue weighted by Gasteiger charge is -2.33. The molecule has 24 heavy (non-hydrogen) atoms. The monoisotopic (exact) mass is 350 g/mol. The Morgan fingerprint density at radius 2 is 1.88 bits per heavy atom. The summed E-state index contributed by atoms with van der Waals surface area (Å²) in [5.41, 5.74) is 1.13. The average Bonchev–Trinajstić information content (AvgIpc) is 2.60. The Labute approximate surface area is 145 Å². The second kappa shape index (κ2) is 7.83. The minimum atomic E-state index is -0.570. The van der Waals surface area contributed by atoms with Crippen LogP contribution < -0.4 is 5.32 Å². The van der Waals surface area contributed by atoms with E-state index in [2.05, 4.69) is 37.0 Å². The summed E-state index contributed by atoms with van der Waals surface area (Å²) in [6.07, 6.45) is 2.83. The van der Waals surface area contributed by atoms with Crippen LogP contribution in [-0.2, 0) is 6.54 Å². The first-order valence-corrected chi connectivity index (χ1v) is 8.36. The number of hydrogen-bond donors (Lipinski definition) is 1. The molecule has 3 heterocycles. The molecule has 128 valence electrons. The Morgan fingerprint density at radius 3 is 2.54 bits per heavy atom. The van der Waals surface area contributed by atoms with E-state index in [9.17, 15) is 4.39 Å². The first kappa shape index (κ1) is 17.0. The highest BCUT2D eigenvalue weighted by Gasteiger charge is 2.15. The third kappa shape index (κ3) is 4.37. The molecule has 2 aromatic heterocycles. The highest BCUT2D eigenvalue weighted by Crippen LogP contribution is 2.17. The van der Waals surface area contributed by atoms with Crippen LogP contribution in [0.4, 0.5) is 16.0 Å². The van der Waals surface area contributed by atoms with Crippen molar-refractivity contribution in [1.29, 1.82) is 0 Å². The van der Waals surface area contributed by atoms with Crippen molar-refractivity contribution >= 4 is 23.2 Å². The fourth-order valence-corrected chi connectivity index (χ4v) is 2.80. The Balaban J connectivity index is 1.58. The molecule has 0 radical (unpaired) electrons. The number of pyridine rings is 1. The summed E-state index contributed by atoms with van der Waals surface area (Å²) in [5, 5.41) is 2.80. The fraction of sp³-hybridized carbons (Fsp3) is 0.438. The largest absolute Gasteiger partial charge is 0.322 e. The molecule has 0 bridgehead atoms. The molecular weight excluding hydrogens is 331 g/mol. The summed E-state index contributed by atoms with van der Waals surface area (Å²) in [5.74, 6) is -0.0340. The quantitative estimate of drug-likeness (QED) is 0.836. The maximum absolute atomic E-state index is 13.6. The molecular formula is C16H20ClFN6. The summed E-state index contributed by atoms with van der Waals surface area (Å²) in [6.45, 7) is 8.53. The third-order valence-electron chi connectivity index (χ3n) is 4.10. The van der Waals surface area contributed by atoms with Gasteiger partial charge in [-0.05, 0) is 29.8 Å². The second-order valence-corrected chi connectivity index (χ2v) is 6.06. The van der Waals surface area contributed by atoms with E-state index in [0.29, 0.717) is 5.82 Å². The number of likely N-dealkylation sites (N-methyl/N-ethyl adjacent to an activating group) is 1. The summed E-state index contributed by atoms with van der Waals surface area (Å²) in [6, 6.07) is 3.80. The van der Waals surface area contributed by atoms with Gasteiger partial charge in [0, 0.05) is 38.9 Å². The summed E-state index contributed by atoms with van der Waals surface area (Å²) < 4.78 is 13.6. The summed E-state index contributed by atoms with van der Waals surface area (Å²) in [4.78, 5) is 16.6. The Hall–Kier alpha value is -1.83. The number of rotatable bonds is 5. The van der Waals surface area contributed by atoms with Crippen LogP contribution in [0.1, 0.15) is 12.5 Å². The molecule has 1 saturated heterocycles. The van der Waals surface area contributed by atoms with Gasteiger partial charge in [0.1, 0.15) is 5.82 Å². The number of nitrogens with one attached hydrogen (secondary N) is 1. The van der Waals surface area contributed by atoms with Gasteiger partial charge in [0.25, 0.3) is 0 Å². The Bertz CT molecular complexity index is 673. The maximum atomic E-state index is 13.6. The van der Waals surface area contributed by atoms with Crippen LogP contribution in [0.3, 0.4) is 0 Å². The molecule has 2 aromatic rings. The molecule has 1 aliphatic heterocycles. The molecule has 3 rings (SSSR count). The van der Waals surface area contributed by atoms with Crippen LogP contribution in [0.25, 0.3) is 0 Å². The number of halogens is 2. The number of piperazine rings is 1. The predicted molar refractivity (Wildman–Crippen MR) is 91.9 cm³/mol. The molecule has 8 heteroatoms. The normalized spacial score (nSPS) is 16.3. The highest BCUT2D eigenvalue weighted by atomic mass is 35.5. The van der Waals surface area contributed by atoms with Crippen LogP contribution in [0.15, 0.2) is 24.5 Å². The lowest BCUT2D eigenvalue weighted by molar-refractivity contribution is 0.132. The van der Waals surface area contributed by atoms with E-state index in [1.165, 1.54) is 0 Å². The van der Waals surface area contributed by atoms with Crippen LogP contribution >= 0.6 is 11.6 Å². The van der Waals surface area contributed by atoms with E-state index in [1.807, 2.05) is 12.1 Å². The van der Waals surface area contributed by atoms with Crippen molar-refractivity contribution < 1.29 is 4.39 Å². The summed E-state index contributed by atoms with van der Waals surface area (Å²) >= 11 is 5.68. The smallest absolute Gasteiger partial charge is 0.224 e. The minimum absolute atomic E-state index is 0.0123. The molecule has 0 unspecified atom stereocenters. The van der Waals surface area contributed by atoms with Crippen molar-refractivity contribution in [3.63, 3.8) is 0 Å². The van der Waals surface area contributed by atoms with Crippen molar-refractivity contribution in [2.24, 2.45) is 0 Å². The molecule has 0 saturated carbocycles. The Kier molecular flexibility index (Phi) is 5.55. The Morgan fingerprint density at radius 1 is 1.12 bits per heavy atom. The van der Waals surface area contributed by atoms with Gasteiger partial charge in [-0.1, -0.05) is 13.0 Å². The van der Waals surface area contributed by atoms with Gasteiger partial charge in [-0.2, -0.15) is 4.98 Å². The zero-order valence-corrected chi connectivity index (χ0v) is 14.3. The molecule has 0 spiro atoms. The van der Waals surface area contributed by atoms with Gasteiger partial charge in [0.05, 0.1) is 6.20 Å². The van der Waals surface area contributed by atoms with Crippen LogP contribution in [-0.4, -0.2) is 57.5 Å². The van der Waals surface area contributed by atoms with Gasteiger partial charge in [-0.3, -0.25) is 4.90 Å². The first-order valence-electron chi connectivity index (χ1n) is 7.98. The van der Waals surface area contributed by atoms with E-state index in [0.717, 1.165) is 51.0 Å². The molecule has 0 amide bonds. The second-order valence-electron chi connectivity index (χ2n) is 5.72. The zero-order chi connectivity index (χ0) is 16.9. The highest BCUT2D eigenvalue weighted by molar-refractivity contribution is 6.28. The maximum Gasteiger partial charge on any atom is 0.224 e. The third-order valence-corrected chi connectivity index (χ3v) is 4.29. The number of anilines is 2. The number of nitrogens with zero attached hydrogens (tertiary/aromatic N) is 5. The van der Waals surface area contributed by atoms with Crippen molar-refractivity contribution in [2.45, 2.75) is 13.5 Å². The van der Waals surface area contributed by atoms with Gasteiger partial charge in [-0.25, -0.2) is 14.4 Å². The lowest BCUT2D eigenvalue weighted by Crippen LogP contribution is -2.45. The molecule has 1 fully saturated rings. The van der Waals surface area contributed by atoms with E-state index < -0.39 is 5.82 Å². The lowest BCUT2D eigenvalue weighted by atomic mass is 10.2. The number of hydrogen-bond acceptors (Lipinski definition) is 6. The van der Waals surface area contributed by atoms with Gasteiger partial charge in [0.15, 0.2) is 11.6 Å². The van der Waals surface area contributed by atoms with Crippen molar-refractivity contribution in [2.75, 3.05) is 38.0 Å². The van der Waals surface area contributed by atoms with Gasteiger partial charge in [0.2, 0.25) is 5.28 Å². The first-order chi connectivity index (χ1) is 11.6.